The molecule has 0 radical (unpaired) electrons. The molecular weight excluding hydrogens is 416 g/mol. The van der Waals surface area contributed by atoms with Gasteiger partial charge in [0.1, 0.15) is 5.75 Å². The molecule has 33 heavy (non-hydrogen) atoms. The van der Waals surface area contributed by atoms with Crippen LogP contribution in [0.1, 0.15) is 99.3 Å². The molecule has 2 rings (SSSR count). The van der Waals surface area contributed by atoms with Gasteiger partial charge in [-0.05, 0) is 67.6 Å². The molecule has 0 aliphatic rings. The van der Waals surface area contributed by atoms with Crippen molar-refractivity contribution in [2.45, 2.75) is 84.7 Å². The summed E-state index contributed by atoms with van der Waals surface area (Å²) in [6.07, 6.45) is 9.75. The van der Waals surface area contributed by atoms with Crippen molar-refractivity contribution in [3.63, 3.8) is 0 Å². The number of carboxylic acids is 1. The van der Waals surface area contributed by atoms with Crippen LogP contribution in [0.5, 0.6) is 5.75 Å². The van der Waals surface area contributed by atoms with E-state index in [1.54, 1.807) is 42.5 Å². The first kappa shape index (κ1) is 26.4. The molecule has 0 aliphatic heterocycles. The standard InChI is InChI=1S/C28H38O5/c1-4-6-8-10-12-21(3)33-28(31)23-15-13-22(14-16-23)26-20-24(17-18-25(26)27(29)30)32-19-11-9-7-5-2/h13-18,20-21H,4-12,19H2,1-3H3,(H,29,30)/t21-/m1/s1. The number of rotatable bonds is 15. The summed E-state index contributed by atoms with van der Waals surface area (Å²) in [5, 5.41) is 9.62. The minimum absolute atomic E-state index is 0.126. The van der Waals surface area contributed by atoms with E-state index < -0.39 is 5.97 Å². The van der Waals surface area contributed by atoms with Gasteiger partial charge in [0.05, 0.1) is 23.8 Å². The molecule has 1 N–H and O–H groups in total. The third-order valence-electron chi connectivity index (χ3n) is 5.69. The van der Waals surface area contributed by atoms with Crippen LogP contribution in [0, 0.1) is 0 Å². The smallest absolute Gasteiger partial charge is 0.338 e. The van der Waals surface area contributed by atoms with E-state index in [1.165, 1.54) is 25.7 Å². The highest BCUT2D eigenvalue weighted by molar-refractivity contribution is 5.97. The predicted octanol–water partition coefficient (Wildman–Crippen LogP) is 7.53. The number of esters is 1. The Hall–Kier alpha value is -2.82. The molecule has 0 unspecified atom stereocenters. The van der Waals surface area contributed by atoms with Crippen molar-refractivity contribution in [3.8, 4) is 16.9 Å². The van der Waals surface area contributed by atoms with Gasteiger partial charge in [0.15, 0.2) is 0 Å². The molecule has 0 aliphatic carbocycles. The number of ether oxygens (including phenoxy) is 2. The van der Waals surface area contributed by atoms with Crippen molar-refractivity contribution < 1.29 is 24.2 Å². The van der Waals surface area contributed by atoms with Crippen LogP contribution in [-0.4, -0.2) is 29.8 Å². The maximum atomic E-state index is 12.5. The Labute approximate surface area is 198 Å². The molecule has 5 heteroatoms. The molecule has 0 bridgehead atoms. The maximum Gasteiger partial charge on any atom is 0.338 e. The highest BCUT2D eigenvalue weighted by Crippen LogP contribution is 2.29. The second-order valence-corrected chi connectivity index (χ2v) is 8.56. The van der Waals surface area contributed by atoms with Gasteiger partial charge in [-0.3, -0.25) is 0 Å². The van der Waals surface area contributed by atoms with Gasteiger partial charge in [-0.15, -0.1) is 0 Å². The van der Waals surface area contributed by atoms with E-state index in [9.17, 15) is 14.7 Å². The Morgan fingerprint density at radius 2 is 1.55 bits per heavy atom. The molecule has 5 nitrogen and oxygen atoms in total. The summed E-state index contributed by atoms with van der Waals surface area (Å²) < 4.78 is 11.4. The Balaban J connectivity index is 2.06. The van der Waals surface area contributed by atoms with Gasteiger partial charge in [0.2, 0.25) is 0 Å². The summed E-state index contributed by atoms with van der Waals surface area (Å²) in [6.45, 7) is 6.86. The lowest BCUT2D eigenvalue weighted by Gasteiger charge is -2.14. The number of aromatic carboxylic acids is 1. The van der Waals surface area contributed by atoms with Crippen LogP contribution in [0.25, 0.3) is 11.1 Å². The number of hydrogen-bond acceptors (Lipinski definition) is 4. The number of carbonyl (C=O) groups excluding carboxylic acids is 1. The average Bonchev–Trinajstić information content (AvgIpc) is 2.81. The molecule has 2 aromatic carbocycles. The summed E-state index contributed by atoms with van der Waals surface area (Å²) in [7, 11) is 0. The van der Waals surface area contributed by atoms with Gasteiger partial charge in [-0.2, -0.15) is 0 Å². The minimum atomic E-state index is -1.00. The van der Waals surface area contributed by atoms with E-state index in [0.717, 1.165) is 32.1 Å². The van der Waals surface area contributed by atoms with Gasteiger partial charge in [-0.1, -0.05) is 64.5 Å². The SMILES string of the molecule is CCCCCCOc1ccc(C(=O)O)c(-c2ccc(C(=O)O[C@H](C)CCCCCC)cc2)c1. The largest absolute Gasteiger partial charge is 0.494 e. The maximum absolute atomic E-state index is 12.5. The van der Waals surface area contributed by atoms with Crippen molar-refractivity contribution in [2.24, 2.45) is 0 Å². The van der Waals surface area contributed by atoms with Crippen LogP contribution in [0.2, 0.25) is 0 Å². The van der Waals surface area contributed by atoms with Gasteiger partial charge in [-0.25, -0.2) is 9.59 Å². The van der Waals surface area contributed by atoms with Crippen molar-refractivity contribution >= 4 is 11.9 Å². The minimum Gasteiger partial charge on any atom is -0.494 e. The van der Waals surface area contributed by atoms with Gasteiger partial charge < -0.3 is 14.6 Å². The van der Waals surface area contributed by atoms with E-state index >= 15 is 0 Å². The van der Waals surface area contributed by atoms with E-state index in [2.05, 4.69) is 13.8 Å². The molecule has 0 saturated heterocycles. The summed E-state index contributed by atoms with van der Waals surface area (Å²) in [4.78, 5) is 24.2. The first-order chi connectivity index (χ1) is 16.0. The predicted molar refractivity (Wildman–Crippen MR) is 132 cm³/mol. The van der Waals surface area contributed by atoms with E-state index in [0.29, 0.717) is 29.0 Å². The Kier molecular flexibility index (Phi) is 11.5. The lowest BCUT2D eigenvalue weighted by atomic mass is 9.98. The Morgan fingerprint density at radius 1 is 0.879 bits per heavy atom. The number of benzene rings is 2. The molecule has 2 aromatic rings. The fourth-order valence-corrected chi connectivity index (χ4v) is 3.71. The van der Waals surface area contributed by atoms with Crippen molar-refractivity contribution in [2.75, 3.05) is 6.61 Å². The third-order valence-corrected chi connectivity index (χ3v) is 5.69. The van der Waals surface area contributed by atoms with Gasteiger partial charge >= 0.3 is 11.9 Å². The van der Waals surface area contributed by atoms with Crippen LogP contribution in [0.4, 0.5) is 0 Å². The Bertz CT molecular complexity index is 872. The number of unbranched alkanes of at least 4 members (excludes halogenated alkanes) is 6. The zero-order valence-corrected chi connectivity index (χ0v) is 20.3. The topological polar surface area (TPSA) is 72.8 Å². The third kappa shape index (κ3) is 8.91. The lowest BCUT2D eigenvalue weighted by Crippen LogP contribution is -2.15. The molecule has 0 fully saturated rings. The van der Waals surface area contributed by atoms with Crippen LogP contribution >= 0.6 is 0 Å². The fraction of sp³-hybridized carbons (Fsp3) is 0.500. The first-order valence-electron chi connectivity index (χ1n) is 12.3. The van der Waals surface area contributed by atoms with Crippen LogP contribution < -0.4 is 4.74 Å². The highest BCUT2D eigenvalue weighted by Gasteiger charge is 2.16. The zero-order chi connectivity index (χ0) is 24.1. The number of carbonyl (C=O) groups is 2. The lowest BCUT2D eigenvalue weighted by molar-refractivity contribution is 0.0319. The van der Waals surface area contributed by atoms with Crippen molar-refractivity contribution in [1.82, 2.24) is 0 Å². The quantitative estimate of drug-likeness (QED) is 0.222. The zero-order valence-electron chi connectivity index (χ0n) is 20.3. The summed E-state index contributed by atoms with van der Waals surface area (Å²) in [6, 6.07) is 11.9. The molecule has 0 aromatic heterocycles. The van der Waals surface area contributed by atoms with Crippen molar-refractivity contribution in [1.29, 1.82) is 0 Å². The van der Waals surface area contributed by atoms with Crippen LogP contribution in [0.3, 0.4) is 0 Å². The number of hydrogen-bond donors (Lipinski definition) is 1. The van der Waals surface area contributed by atoms with E-state index in [4.69, 9.17) is 9.47 Å². The van der Waals surface area contributed by atoms with Crippen LogP contribution in [0.15, 0.2) is 42.5 Å². The Morgan fingerprint density at radius 3 is 2.18 bits per heavy atom. The van der Waals surface area contributed by atoms with E-state index in [-0.39, 0.29) is 17.6 Å². The molecular formula is C28H38O5. The second kappa shape index (κ2) is 14.4. The van der Waals surface area contributed by atoms with E-state index in [1.807, 2.05) is 6.92 Å². The normalized spacial score (nSPS) is 11.7. The fourth-order valence-electron chi connectivity index (χ4n) is 3.71. The average molecular weight is 455 g/mol. The summed E-state index contributed by atoms with van der Waals surface area (Å²) >= 11 is 0. The first-order valence-corrected chi connectivity index (χ1v) is 12.3. The summed E-state index contributed by atoms with van der Waals surface area (Å²) in [5.41, 5.74) is 1.94. The molecule has 0 saturated carbocycles. The molecule has 0 heterocycles. The summed E-state index contributed by atoms with van der Waals surface area (Å²) in [5.74, 6) is -0.709. The van der Waals surface area contributed by atoms with Gasteiger partial charge in [0, 0.05) is 0 Å². The second-order valence-electron chi connectivity index (χ2n) is 8.56. The molecule has 0 amide bonds. The van der Waals surface area contributed by atoms with Crippen LogP contribution in [-0.2, 0) is 4.74 Å². The van der Waals surface area contributed by atoms with Crippen molar-refractivity contribution in [3.05, 3.63) is 53.6 Å². The van der Waals surface area contributed by atoms with Gasteiger partial charge in [0.25, 0.3) is 0 Å². The molecule has 0 spiro atoms. The highest BCUT2D eigenvalue weighted by atomic mass is 16.5. The number of carboxylic acid groups (broad SMARTS) is 1. The molecule has 1 atom stereocenters. The molecule has 180 valence electrons. The monoisotopic (exact) mass is 454 g/mol.